The van der Waals surface area contributed by atoms with Crippen molar-refractivity contribution in [3.63, 3.8) is 0 Å². The van der Waals surface area contributed by atoms with Crippen LogP contribution < -0.4 is 5.32 Å². The van der Waals surface area contributed by atoms with Crippen molar-refractivity contribution in [3.8, 4) is 0 Å². The fourth-order valence-corrected chi connectivity index (χ4v) is 3.65. The zero-order chi connectivity index (χ0) is 16.9. The number of hydrogen-bond acceptors (Lipinski definition) is 3. The Morgan fingerprint density at radius 3 is 2.79 bits per heavy atom. The maximum Gasteiger partial charge on any atom is 0.106 e. The second-order valence-corrected chi connectivity index (χ2v) is 8.07. The number of rotatable bonds is 7. The van der Waals surface area contributed by atoms with Gasteiger partial charge in [0, 0.05) is 36.9 Å². The van der Waals surface area contributed by atoms with Crippen molar-refractivity contribution in [1.29, 1.82) is 0 Å². The predicted molar refractivity (Wildman–Crippen MR) is 107 cm³/mol. The van der Waals surface area contributed by atoms with Crippen molar-refractivity contribution in [1.82, 2.24) is 10.2 Å². The highest BCUT2D eigenvalue weighted by molar-refractivity contribution is 9.09. The van der Waals surface area contributed by atoms with Gasteiger partial charge in [0.15, 0.2) is 0 Å². The van der Waals surface area contributed by atoms with Gasteiger partial charge < -0.3 is 10.2 Å². The molecule has 0 aliphatic carbocycles. The number of nitrogens with zero attached hydrogens (tertiary/aromatic N) is 2. The maximum atomic E-state index is 4.82. The molecule has 2 atom stereocenters. The third-order valence-electron chi connectivity index (χ3n) is 4.63. The third-order valence-corrected chi connectivity index (χ3v) is 4.95. The molecule has 0 radical (unpaired) electrons. The Hall–Kier alpha value is -1.39. The van der Waals surface area contributed by atoms with E-state index in [1.807, 2.05) is 0 Å². The molecule has 2 aromatic carbocycles. The summed E-state index contributed by atoms with van der Waals surface area (Å²) in [7, 11) is 0. The highest BCUT2D eigenvalue weighted by Crippen LogP contribution is 2.28. The van der Waals surface area contributed by atoms with Crippen LogP contribution in [0.15, 0.2) is 47.5 Å². The molecule has 2 unspecified atom stereocenters. The molecule has 0 aromatic heterocycles. The van der Waals surface area contributed by atoms with Gasteiger partial charge in [0.25, 0.3) is 0 Å². The van der Waals surface area contributed by atoms with Crippen LogP contribution in [0.1, 0.15) is 25.3 Å². The van der Waals surface area contributed by atoms with Gasteiger partial charge in [-0.2, -0.15) is 0 Å². The summed E-state index contributed by atoms with van der Waals surface area (Å²) < 4.78 is 0. The van der Waals surface area contributed by atoms with Gasteiger partial charge in [-0.15, -0.1) is 0 Å². The molecule has 24 heavy (non-hydrogen) atoms. The summed E-state index contributed by atoms with van der Waals surface area (Å²) in [6.07, 6.45) is 0. The van der Waals surface area contributed by atoms with E-state index in [2.05, 4.69) is 82.5 Å². The second kappa shape index (κ2) is 8.13. The van der Waals surface area contributed by atoms with E-state index in [4.69, 9.17) is 4.99 Å². The van der Waals surface area contributed by atoms with Crippen LogP contribution in [0, 0.1) is 0 Å². The average Bonchev–Trinajstić information content (AvgIpc) is 3.06. The summed E-state index contributed by atoms with van der Waals surface area (Å²) in [5, 5.41) is 6.14. The lowest BCUT2D eigenvalue weighted by atomic mass is 9.93. The van der Waals surface area contributed by atoms with Gasteiger partial charge >= 0.3 is 0 Å². The van der Waals surface area contributed by atoms with Gasteiger partial charge in [-0.05, 0) is 16.3 Å². The lowest BCUT2D eigenvalue weighted by Crippen LogP contribution is -2.38. The monoisotopic (exact) mass is 387 g/mol. The third kappa shape index (κ3) is 3.98. The molecule has 3 nitrogen and oxygen atoms in total. The quantitative estimate of drug-likeness (QED) is 0.573. The van der Waals surface area contributed by atoms with Crippen molar-refractivity contribution in [3.05, 3.63) is 48.0 Å². The Morgan fingerprint density at radius 2 is 1.96 bits per heavy atom. The van der Waals surface area contributed by atoms with Crippen molar-refractivity contribution < 1.29 is 0 Å². The summed E-state index contributed by atoms with van der Waals surface area (Å²) in [5.74, 6) is 1.56. The van der Waals surface area contributed by atoms with Gasteiger partial charge in [-0.1, -0.05) is 72.2 Å². The topological polar surface area (TPSA) is 27.6 Å². The largest absolute Gasteiger partial charge is 0.357 e. The Kier molecular flexibility index (Phi) is 5.90. The molecule has 1 aliphatic rings. The smallest absolute Gasteiger partial charge is 0.106 e. The molecule has 0 saturated heterocycles. The van der Waals surface area contributed by atoms with Crippen LogP contribution in [0.3, 0.4) is 0 Å². The van der Waals surface area contributed by atoms with E-state index >= 15 is 0 Å². The molecule has 0 fully saturated rings. The molecule has 0 bridgehead atoms. The average molecular weight is 388 g/mol. The van der Waals surface area contributed by atoms with Crippen LogP contribution in [-0.2, 0) is 0 Å². The molecular formula is C20H26BrN3. The fraction of sp³-hybridized carbons (Fsp3) is 0.450. The number of halogens is 1. The fourth-order valence-electron chi connectivity index (χ4n) is 3.42. The summed E-state index contributed by atoms with van der Waals surface area (Å²) in [6.45, 7) is 9.42. The number of hydrogen-bond donors (Lipinski definition) is 1. The van der Waals surface area contributed by atoms with Crippen LogP contribution in [0.2, 0.25) is 0 Å². The zero-order valence-corrected chi connectivity index (χ0v) is 16.1. The summed E-state index contributed by atoms with van der Waals surface area (Å²) >= 11 is 3.58. The molecule has 2 aromatic rings. The van der Waals surface area contributed by atoms with Crippen molar-refractivity contribution in [2.75, 3.05) is 32.7 Å². The number of nitrogens with one attached hydrogen (secondary N) is 1. The van der Waals surface area contributed by atoms with E-state index in [0.29, 0.717) is 10.7 Å². The molecule has 4 heteroatoms. The standard InChI is InChI=1S/C20H26BrN3/c1-15(21)14-22-10-12-24-13-11-23-20(24)16(2)18-9-5-7-17-6-3-4-8-19(17)18/h3-9,15-16,22H,10-14H2,1-2H3. The zero-order valence-electron chi connectivity index (χ0n) is 14.5. The van der Waals surface area contributed by atoms with Crippen molar-refractivity contribution >= 4 is 32.5 Å². The Bertz CT molecular complexity index is 706. The number of aliphatic imine (C=N–C) groups is 1. The lowest BCUT2D eigenvalue weighted by molar-refractivity contribution is 0.434. The minimum Gasteiger partial charge on any atom is -0.357 e. The molecule has 1 heterocycles. The molecule has 1 aliphatic heterocycles. The van der Waals surface area contributed by atoms with E-state index in [0.717, 1.165) is 32.7 Å². The Morgan fingerprint density at radius 1 is 1.17 bits per heavy atom. The van der Waals surface area contributed by atoms with E-state index in [-0.39, 0.29) is 0 Å². The Labute approximate surface area is 153 Å². The van der Waals surface area contributed by atoms with E-state index in [1.54, 1.807) is 0 Å². The maximum absolute atomic E-state index is 4.82. The van der Waals surface area contributed by atoms with Gasteiger partial charge in [-0.25, -0.2) is 0 Å². The molecule has 0 amide bonds. The van der Waals surface area contributed by atoms with Crippen LogP contribution in [0.5, 0.6) is 0 Å². The minimum atomic E-state index is 0.327. The first-order chi connectivity index (χ1) is 11.7. The second-order valence-electron chi connectivity index (χ2n) is 6.50. The van der Waals surface area contributed by atoms with E-state index in [1.165, 1.54) is 22.2 Å². The highest BCUT2D eigenvalue weighted by Gasteiger charge is 2.24. The lowest BCUT2D eigenvalue weighted by Gasteiger charge is -2.26. The first-order valence-electron chi connectivity index (χ1n) is 8.78. The van der Waals surface area contributed by atoms with Crippen molar-refractivity contribution in [2.24, 2.45) is 4.99 Å². The molecule has 3 rings (SSSR count). The number of alkyl halides is 1. The van der Waals surface area contributed by atoms with E-state index in [9.17, 15) is 0 Å². The SMILES string of the molecule is CC(Br)CNCCN1CCN=C1C(C)c1cccc2ccccc12. The summed E-state index contributed by atoms with van der Waals surface area (Å²) in [6, 6.07) is 15.2. The van der Waals surface area contributed by atoms with Crippen LogP contribution in [0.4, 0.5) is 0 Å². The van der Waals surface area contributed by atoms with Crippen LogP contribution in [-0.4, -0.2) is 48.3 Å². The van der Waals surface area contributed by atoms with Gasteiger partial charge in [0.2, 0.25) is 0 Å². The molecular weight excluding hydrogens is 362 g/mol. The molecule has 0 saturated carbocycles. The molecule has 0 spiro atoms. The van der Waals surface area contributed by atoms with Crippen LogP contribution >= 0.6 is 15.9 Å². The normalized spacial score (nSPS) is 17.1. The Balaban J connectivity index is 1.72. The van der Waals surface area contributed by atoms with Gasteiger partial charge in [0.05, 0.1) is 6.54 Å². The summed E-state index contributed by atoms with van der Waals surface area (Å²) in [5.41, 5.74) is 1.38. The highest BCUT2D eigenvalue weighted by atomic mass is 79.9. The number of amidine groups is 1. The first kappa shape index (κ1) is 17.4. The molecule has 128 valence electrons. The van der Waals surface area contributed by atoms with Gasteiger partial charge in [0.1, 0.15) is 5.84 Å². The van der Waals surface area contributed by atoms with E-state index < -0.39 is 0 Å². The van der Waals surface area contributed by atoms with Gasteiger partial charge in [-0.3, -0.25) is 4.99 Å². The minimum absolute atomic E-state index is 0.327. The van der Waals surface area contributed by atoms with Crippen LogP contribution in [0.25, 0.3) is 10.8 Å². The predicted octanol–water partition coefficient (Wildman–Crippen LogP) is 4.03. The molecule has 1 N–H and O–H groups in total. The number of fused-ring (bicyclic) bond motifs is 1. The summed E-state index contributed by atoms with van der Waals surface area (Å²) in [4.78, 5) is 7.78. The van der Waals surface area contributed by atoms with Crippen molar-refractivity contribution in [2.45, 2.75) is 24.6 Å². The number of benzene rings is 2. The first-order valence-corrected chi connectivity index (χ1v) is 9.70.